The summed E-state index contributed by atoms with van der Waals surface area (Å²) in [6.07, 6.45) is 1.78. The molecular formula is C22H26ClFN2OS. The third kappa shape index (κ3) is 6.50. The van der Waals surface area contributed by atoms with E-state index < -0.39 is 0 Å². The summed E-state index contributed by atoms with van der Waals surface area (Å²) in [5.41, 5.74) is 1.96. The highest BCUT2D eigenvalue weighted by atomic mass is 35.5. The molecule has 1 aliphatic heterocycles. The number of carbonyl (C=O) groups excluding carboxylic acids is 1. The van der Waals surface area contributed by atoms with Crippen LogP contribution in [0.15, 0.2) is 48.5 Å². The maximum absolute atomic E-state index is 13.6. The summed E-state index contributed by atoms with van der Waals surface area (Å²) in [4.78, 5) is 14.8. The zero-order chi connectivity index (χ0) is 19.8. The fourth-order valence-electron chi connectivity index (χ4n) is 3.39. The van der Waals surface area contributed by atoms with Gasteiger partial charge in [-0.15, -0.1) is 0 Å². The fourth-order valence-corrected chi connectivity index (χ4v) is 4.36. The van der Waals surface area contributed by atoms with Crippen molar-refractivity contribution in [3.8, 4) is 0 Å². The number of thioether (sulfide) groups is 1. The van der Waals surface area contributed by atoms with Gasteiger partial charge < -0.3 is 5.32 Å². The molecule has 0 saturated carbocycles. The summed E-state index contributed by atoms with van der Waals surface area (Å²) in [5, 5.41) is 3.79. The van der Waals surface area contributed by atoms with Crippen LogP contribution in [0.3, 0.4) is 0 Å². The maximum Gasteiger partial charge on any atom is 0.223 e. The van der Waals surface area contributed by atoms with Crippen molar-refractivity contribution < 1.29 is 9.18 Å². The second kappa shape index (κ2) is 10.8. The molecule has 6 heteroatoms. The van der Waals surface area contributed by atoms with Crippen molar-refractivity contribution >= 4 is 29.3 Å². The largest absolute Gasteiger partial charge is 0.355 e. The molecule has 150 valence electrons. The molecule has 1 heterocycles. The lowest BCUT2D eigenvalue weighted by molar-refractivity contribution is -0.126. The lowest BCUT2D eigenvalue weighted by Gasteiger charge is -2.31. The van der Waals surface area contributed by atoms with E-state index in [0.717, 1.165) is 43.3 Å². The fraction of sp³-hybridized carbons (Fsp3) is 0.409. The van der Waals surface area contributed by atoms with Crippen LogP contribution in [-0.2, 0) is 17.1 Å². The second-order valence-electron chi connectivity index (χ2n) is 7.11. The van der Waals surface area contributed by atoms with Crippen LogP contribution < -0.4 is 5.32 Å². The van der Waals surface area contributed by atoms with Crippen LogP contribution in [0.2, 0.25) is 5.02 Å². The van der Waals surface area contributed by atoms with Crippen molar-refractivity contribution in [1.82, 2.24) is 10.2 Å². The third-order valence-electron chi connectivity index (χ3n) is 5.04. The van der Waals surface area contributed by atoms with Gasteiger partial charge in [0.2, 0.25) is 5.91 Å². The van der Waals surface area contributed by atoms with Crippen LogP contribution in [0.25, 0.3) is 0 Å². The van der Waals surface area contributed by atoms with E-state index in [4.69, 9.17) is 11.6 Å². The second-order valence-corrected chi connectivity index (χ2v) is 8.65. The molecule has 0 bridgehead atoms. The molecule has 0 atom stereocenters. The number of halogens is 2. The molecule has 1 N–H and O–H groups in total. The molecular weight excluding hydrogens is 395 g/mol. The summed E-state index contributed by atoms with van der Waals surface area (Å²) >= 11 is 7.57. The molecule has 0 spiro atoms. The Bertz CT molecular complexity index is 763. The molecule has 0 radical (unpaired) electrons. The number of hydrogen-bond donors (Lipinski definition) is 1. The molecule has 0 aliphatic carbocycles. The Morgan fingerprint density at radius 2 is 1.86 bits per heavy atom. The van der Waals surface area contributed by atoms with Gasteiger partial charge in [-0.3, -0.25) is 9.69 Å². The molecule has 1 amide bonds. The van der Waals surface area contributed by atoms with Gasteiger partial charge in [-0.1, -0.05) is 41.9 Å². The Balaban J connectivity index is 1.30. The van der Waals surface area contributed by atoms with Gasteiger partial charge in [0.1, 0.15) is 5.82 Å². The maximum atomic E-state index is 13.6. The number of nitrogens with one attached hydrogen (secondary N) is 1. The van der Waals surface area contributed by atoms with Gasteiger partial charge in [0.05, 0.1) is 0 Å². The SMILES string of the molecule is O=C(NCCSCc1ccccc1F)C1CCN(Cc2ccc(Cl)cc2)CC1. The quantitative estimate of drug-likeness (QED) is 0.626. The van der Waals surface area contributed by atoms with Crippen molar-refractivity contribution in [3.63, 3.8) is 0 Å². The van der Waals surface area contributed by atoms with Gasteiger partial charge in [0, 0.05) is 35.5 Å². The molecule has 1 saturated heterocycles. The average molecular weight is 421 g/mol. The number of nitrogens with zero attached hydrogens (tertiary/aromatic N) is 1. The van der Waals surface area contributed by atoms with Gasteiger partial charge >= 0.3 is 0 Å². The Morgan fingerprint density at radius 3 is 2.57 bits per heavy atom. The lowest BCUT2D eigenvalue weighted by Crippen LogP contribution is -2.40. The smallest absolute Gasteiger partial charge is 0.223 e. The average Bonchev–Trinajstić information content (AvgIpc) is 2.71. The minimum atomic E-state index is -0.163. The zero-order valence-electron chi connectivity index (χ0n) is 15.9. The molecule has 3 rings (SSSR count). The Hall–Kier alpha value is -1.56. The normalized spacial score (nSPS) is 15.5. The van der Waals surface area contributed by atoms with Crippen LogP contribution in [0.1, 0.15) is 24.0 Å². The van der Waals surface area contributed by atoms with E-state index in [1.807, 2.05) is 18.2 Å². The molecule has 2 aromatic rings. The number of likely N-dealkylation sites (tertiary alicyclic amines) is 1. The molecule has 1 fully saturated rings. The number of benzene rings is 2. The van der Waals surface area contributed by atoms with Crippen molar-refractivity contribution in [2.24, 2.45) is 5.92 Å². The van der Waals surface area contributed by atoms with E-state index in [1.54, 1.807) is 23.9 Å². The highest BCUT2D eigenvalue weighted by Gasteiger charge is 2.24. The Kier molecular flexibility index (Phi) is 8.19. The number of carbonyl (C=O) groups is 1. The summed E-state index contributed by atoms with van der Waals surface area (Å²) in [6.45, 7) is 3.40. The standard InChI is InChI=1S/C22H26ClFN2OS/c23-20-7-5-17(6-8-20)15-26-12-9-18(10-13-26)22(27)25-11-14-28-16-19-3-1-2-4-21(19)24/h1-8,18H,9-16H2,(H,25,27). The van der Waals surface area contributed by atoms with Crippen LogP contribution in [0.4, 0.5) is 4.39 Å². The monoisotopic (exact) mass is 420 g/mol. The van der Waals surface area contributed by atoms with E-state index in [1.165, 1.54) is 11.6 Å². The summed E-state index contributed by atoms with van der Waals surface area (Å²) in [6, 6.07) is 14.8. The Labute approximate surface area is 175 Å². The molecule has 3 nitrogen and oxygen atoms in total. The minimum Gasteiger partial charge on any atom is -0.355 e. The van der Waals surface area contributed by atoms with Crippen LogP contribution in [-0.4, -0.2) is 36.2 Å². The first-order valence-corrected chi connectivity index (χ1v) is 11.2. The third-order valence-corrected chi connectivity index (χ3v) is 6.30. The molecule has 1 aliphatic rings. The zero-order valence-corrected chi connectivity index (χ0v) is 17.4. The van der Waals surface area contributed by atoms with Gasteiger partial charge in [-0.05, 0) is 55.3 Å². The van der Waals surface area contributed by atoms with Gasteiger partial charge in [0.25, 0.3) is 0 Å². The molecule has 28 heavy (non-hydrogen) atoms. The van der Waals surface area contributed by atoms with Crippen molar-refractivity contribution in [3.05, 3.63) is 70.5 Å². The predicted molar refractivity (Wildman–Crippen MR) is 115 cm³/mol. The molecule has 2 aromatic carbocycles. The van der Waals surface area contributed by atoms with Gasteiger partial charge in [-0.25, -0.2) is 4.39 Å². The van der Waals surface area contributed by atoms with E-state index in [2.05, 4.69) is 22.3 Å². The topological polar surface area (TPSA) is 32.3 Å². The van der Waals surface area contributed by atoms with E-state index in [0.29, 0.717) is 17.9 Å². The van der Waals surface area contributed by atoms with Crippen LogP contribution in [0, 0.1) is 11.7 Å². The lowest BCUT2D eigenvalue weighted by atomic mass is 9.95. The van der Waals surface area contributed by atoms with E-state index in [9.17, 15) is 9.18 Å². The van der Waals surface area contributed by atoms with Gasteiger partial charge in [-0.2, -0.15) is 11.8 Å². The predicted octanol–water partition coefficient (Wildman–Crippen LogP) is 4.74. The van der Waals surface area contributed by atoms with E-state index >= 15 is 0 Å². The summed E-state index contributed by atoms with van der Waals surface area (Å²) in [7, 11) is 0. The highest BCUT2D eigenvalue weighted by molar-refractivity contribution is 7.98. The number of hydrogen-bond acceptors (Lipinski definition) is 3. The highest BCUT2D eigenvalue weighted by Crippen LogP contribution is 2.20. The van der Waals surface area contributed by atoms with Crippen molar-refractivity contribution in [2.45, 2.75) is 25.1 Å². The number of rotatable bonds is 8. The van der Waals surface area contributed by atoms with Crippen molar-refractivity contribution in [2.75, 3.05) is 25.4 Å². The minimum absolute atomic E-state index is 0.0954. The first-order valence-electron chi connectivity index (χ1n) is 9.67. The van der Waals surface area contributed by atoms with Crippen molar-refractivity contribution in [1.29, 1.82) is 0 Å². The Morgan fingerprint density at radius 1 is 1.14 bits per heavy atom. The first-order chi connectivity index (χ1) is 13.6. The summed E-state index contributed by atoms with van der Waals surface area (Å²) in [5.74, 6) is 1.50. The molecule has 0 unspecified atom stereocenters. The van der Waals surface area contributed by atoms with Crippen LogP contribution >= 0.6 is 23.4 Å². The number of piperidine rings is 1. The van der Waals surface area contributed by atoms with Gasteiger partial charge in [0.15, 0.2) is 0 Å². The number of amides is 1. The first kappa shape index (κ1) is 21.2. The molecule has 0 aromatic heterocycles. The van der Waals surface area contributed by atoms with Crippen LogP contribution in [0.5, 0.6) is 0 Å². The summed E-state index contributed by atoms with van der Waals surface area (Å²) < 4.78 is 13.6. The van der Waals surface area contributed by atoms with E-state index in [-0.39, 0.29) is 17.6 Å².